The van der Waals surface area contributed by atoms with Crippen molar-refractivity contribution in [1.29, 1.82) is 0 Å². The number of nitrogens with one attached hydrogen (secondary N) is 1. The van der Waals surface area contributed by atoms with Crippen LogP contribution in [0, 0.1) is 0 Å². The van der Waals surface area contributed by atoms with E-state index in [4.69, 9.17) is 5.73 Å². The van der Waals surface area contributed by atoms with Gasteiger partial charge in [-0.15, -0.1) is 0 Å². The number of nitrogen functional groups attached to an aromatic ring is 1. The predicted molar refractivity (Wildman–Crippen MR) is 75.7 cm³/mol. The molecule has 110 valence electrons. The lowest BCUT2D eigenvalue weighted by atomic mass is 10.1. The lowest BCUT2D eigenvalue weighted by molar-refractivity contribution is -0.136. The van der Waals surface area contributed by atoms with Crippen LogP contribution in [-0.4, -0.2) is 10.9 Å². The molecule has 3 N–H and O–H groups in total. The van der Waals surface area contributed by atoms with Crippen molar-refractivity contribution in [3.63, 3.8) is 0 Å². The average Bonchev–Trinajstić information content (AvgIpc) is 2.40. The highest BCUT2D eigenvalue weighted by atomic mass is 79.9. The van der Waals surface area contributed by atoms with Gasteiger partial charge in [-0.05, 0) is 30.3 Å². The Morgan fingerprint density at radius 1 is 1.29 bits per heavy atom. The van der Waals surface area contributed by atoms with Gasteiger partial charge >= 0.3 is 6.18 Å². The molecule has 0 fully saturated rings. The summed E-state index contributed by atoms with van der Waals surface area (Å²) in [6.45, 7) is 0. The van der Waals surface area contributed by atoms with E-state index in [9.17, 15) is 18.0 Å². The molecule has 1 aromatic carbocycles. The monoisotopic (exact) mass is 359 g/mol. The third-order valence-electron chi connectivity index (χ3n) is 2.62. The number of amides is 1. The van der Waals surface area contributed by atoms with E-state index in [2.05, 4.69) is 26.2 Å². The van der Waals surface area contributed by atoms with Crippen LogP contribution in [0.5, 0.6) is 0 Å². The molecular weight excluding hydrogens is 351 g/mol. The fraction of sp³-hybridized carbons (Fsp3) is 0.0769. The van der Waals surface area contributed by atoms with Gasteiger partial charge in [-0.3, -0.25) is 4.79 Å². The zero-order chi connectivity index (χ0) is 15.6. The number of anilines is 2. The van der Waals surface area contributed by atoms with Crippen molar-refractivity contribution in [3.8, 4) is 0 Å². The summed E-state index contributed by atoms with van der Waals surface area (Å²) in [5.74, 6) is -0.811. The topological polar surface area (TPSA) is 68.0 Å². The number of halogens is 4. The van der Waals surface area contributed by atoms with Crippen molar-refractivity contribution in [3.05, 3.63) is 52.1 Å². The molecular formula is C13H9BrF3N3O. The van der Waals surface area contributed by atoms with Crippen molar-refractivity contribution in [2.24, 2.45) is 0 Å². The third-order valence-corrected chi connectivity index (χ3v) is 3.11. The number of alkyl halides is 3. The summed E-state index contributed by atoms with van der Waals surface area (Å²) in [7, 11) is 0. The van der Waals surface area contributed by atoms with Gasteiger partial charge in [0, 0.05) is 10.7 Å². The molecule has 0 aliphatic rings. The summed E-state index contributed by atoms with van der Waals surface area (Å²) in [6, 6.07) is 6.30. The molecule has 0 saturated carbocycles. The number of hydrogen-bond donors (Lipinski definition) is 2. The minimum Gasteiger partial charge on any atom is -0.383 e. The molecule has 0 unspecified atom stereocenters. The van der Waals surface area contributed by atoms with E-state index < -0.39 is 17.6 Å². The van der Waals surface area contributed by atoms with Crippen LogP contribution in [0.1, 0.15) is 15.9 Å². The van der Waals surface area contributed by atoms with Gasteiger partial charge in [-0.1, -0.05) is 15.9 Å². The van der Waals surface area contributed by atoms with Gasteiger partial charge in [0.2, 0.25) is 0 Å². The summed E-state index contributed by atoms with van der Waals surface area (Å²) in [4.78, 5) is 15.7. The summed E-state index contributed by atoms with van der Waals surface area (Å²) >= 11 is 2.97. The van der Waals surface area contributed by atoms with Crippen LogP contribution in [0.2, 0.25) is 0 Å². The van der Waals surface area contributed by atoms with Crippen LogP contribution in [-0.2, 0) is 6.18 Å². The largest absolute Gasteiger partial charge is 0.418 e. The molecule has 1 amide bonds. The first-order chi connectivity index (χ1) is 9.79. The van der Waals surface area contributed by atoms with E-state index in [-0.39, 0.29) is 21.5 Å². The molecule has 0 radical (unpaired) electrons. The highest BCUT2D eigenvalue weighted by molar-refractivity contribution is 9.10. The van der Waals surface area contributed by atoms with E-state index in [1.807, 2.05) is 0 Å². The van der Waals surface area contributed by atoms with Crippen LogP contribution in [0.3, 0.4) is 0 Å². The van der Waals surface area contributed by atoms with Gasteiger partial charge in [-0.25, -0.2) is 4.98 Å². The number of carbonyl (C=O) groups is 1. The zero-order valence-corrected chi connectivity index (χ0v) is 12.0. The van der Waals surface area contributed by atoms with Crippen molar-refractivity contribution in [2.45, 2.75) is 6.18 Å². The molecule has 2 aromatic rings. The summed E-state index contributed by atoms with van der Waals surface area (Å²) in [5, 5.41) is 2.20. The molecule has 1 aromatic heterocycles. The minimum absolute atomic E-state index is 0.00791. The maximum atomic E-state index is 13.0. The Hall–Kier alpha value is -2.09. The van der Waals surface area contributed by atoms with Crippen LogP contribution in [0.4, 0.5) is 24.7 Å². The highest BCUT2D eigenvalue weighted by Crippen LogP contribution is 2.36. The summed E-state index contributed by atoms with van der Waals surface area (Å²) in [6.07, 6.45) is -3.21. The summed E-state index contributed by atoms with van der Waals surface area (Å²) < 4.78 is 39.1. The van der Waals surface area contributed by atoms with Crippen molar-refractivity contribution >= 4 is 33.3 Å². The van der Waals surface area contributed by atoms with Crippen molar-refractivity contribution < 1.29 is 18.0 Å². The molecule has 21 heavy (non-hydrogen) atoms. The Bertz CT molecular complexity index is 689. The SMILES string of the molecule is Nc1ncccc1C(=O)Nc1ccc(Br)cc1C(F)(F)F. The average molecular weight is 360 g/mol. The first-order valence-electron chi connectivity index (χ1n) is 5.67. The van der Waals surface area contributed by atoms with Gasteiger partial charge in [0.1, 0.15) is 5.82 Å². The Balaban J connectivity index is 2.36. The van der Waals surface area contributed by atoms with Gasteiger partial charge in [0.25, 0.3) is 5.91 Å². The molecule has 4 nitrogen and oxygen atoms in total. The number of nitrogens with zero attached hydrogens (tertiary/aromatic N) is 1. The van der Waals surface area contributed by atoms with Crippen LogP contribution in [0.15, 0.2) is 41.0 Å². The van der Waals surface area contributed by atoms with Gasteiger partial charge in [0.15, 0.2) is 0 Å². The number of nitrogens with two attached hydrogens (primary N) is 1. The van der Waals surface area contributed by atoms with E-state index in [1.165, 1.54) is 24.4 Å². The van der Waals surface area contributed by atoms with Crippen LogP contribution >= 0.6 is 15.9 Å². The number of carbonyl (C=O) groups excluding carboxylic acids is 1. The number of rotatable bonds is 2. The lowest BCUT2D eigenvalue weighted by Crippen LogP contribution is -2.18. The fourth-order valence-electron chi connectivity index (χ4n) is 1.66. The predicted octanol–water partition coefficient (Wildman–Crippen LogP) is 3.70. The van der Waals surface area contributed by atoms with E-state index in [0.717, 1.165) is 12.1 Å². The molecule has 0 bridgehead atoms. The quantitative estimate of drug-likeness (QED) is 0.858. The summed E-state index contributed by atoms with van der Waals surface area (Å²) in [5.41, 5.74) is 4.23. The minimum atomic E-state index is -4.59. The Kier molecular flexibility index (Phi) is 4.17. The van der Waals surface area contributed by atoms with Crippen LogP contribution < -0.4 is 11.1 Å². The maximum Gasteiger partial charge on any atom is 0.418 e. The molecule has 8 heteroatoms. The third kappa shape index (κ3) is 3.52. The Labute approximate surface area is 126 Å². The standard InChI is InChI=1S/C13H9BrF3N3O/c14-7-3-4-10(9(6-7)13(15,16)17)20-12(21)8-2-1-5-19-11(8)18/h1-6H,(H2,18,19)(H,20,21). The molecule has 0 aliphatic heterocycles. The molecule has 0 spiro atoms. The second kappa shape index (κ2) is 5.72. The molecule has 0 atom stereocenters. The van der Waals surface area contributed by atoms with E-state index in [0.29, 0.717) is 0 Å². The van der Waals surface area contributed by atoms with E-state index >= 15 is 0 Å². The number of hydrogen-bond acceptors (Lipinski definition) is 3. The van der Waals surface area contributed by atoms with Crippen molar-refractivity contribution in [2.75, 3.05) is 11.1 Å². The van der Waals surface area contributed by atoms with Gasteiger partial charge in [-0.2, -0.15) is 13.2 Å². The van der Waals surface area contributed by atoms with Crippen LogP contribution in [0.25, 0.3) is 0 Å². The first kappa shape index (κ1) is 15.3. The molecule has 0 aliphatic carbocycles. The fourth-order valence-corrected chi connectivity index (χ4v) is 2.02. The number of aromatic nitrogens is 1. The number of pyridine rings is 1. The second-order valence-electron chi connectivity index (χ2n) is 4.08. The smallest absolute Gasteiger partial charge is 0.383 e. The van der Waals surface area contributed by atoms with Gasteiger partial charge in [0.05, 0.1) is 16.8 Å². The normalized spacial score (nSPS) is 11.2. The zero-order valence-electron chi connectivity index (χ0n) is 10.4. The highest BCUT2D eigenvalue weighted by Gasteiger charge is 2.34. The van der Waals surface area contributed by atoms with Gasteiger partial charge < -0.3 is 11.1 Å². The lowest BCUT2D eigenvalue weighted by Gasteiger charge is -2.14. The molecule has 0 saturated heterocycles. The first-order valence-corrected chi connectivity index (χ1v) is 6.47. The molecule has 2 rings (SSSR count). The Morgan fingerprint density at radius 3 is 2.62 bits per heavy atom. The Morgan fingerprint density at radius 2 is 2.00 bits per heavy atom. The second-order valence-corrected chi connectivity index (χ2v) is 4.99. The maximum absolute atomic E-state index is 13.0. The van der Waals surface area contributed by atoms with E-state index in [1.54, 1.807) is 0 Å². The van der Waals surface area contributed by atoms with Crippen molar-refractivity contribution in [1.82, 2.24) is 4.98 Å². The number of benzene rings is 1. The molecule has 1 heterocycles.